The lowest BCUT2D eigenvalue weighted by Gasteiger charge is -2.25. The van der Waals surface area contributed by atoms with E-state index in [1.807, 2.05) is 23.1 Å². The molecule has 0 saturated carbocycles. The standard InChI is InChI=1S/C21H21F2NO3S/c22-15-5-7-20(16(23)12-15)28-13-21(25)24-8-1-3-17(24)14-4-6-18-19(11-14)27-10-2-9-26-18/h4-7,11-12,17H,1-3,8-10,13H2/t17-/m0/s1. The zero-order valence-electron chi connectivity index (χ0n) is 15.3. The van der Waals surface area contributed by atoms with Crippen LogP contribution in [0.2, 0.25) is 0 Å². The Hall–Kier alpha value is -2.28. The first-order valence-electron chi connectivity index (χ1n) is 9.39. The van der Waals surface area contributed by atoms with Gasteiger partial charge in [-0.25, -0.2) is 8.78 Å². The average Bonchev–Trinajstić information content (AvgIpc) is 3.06. The monoisotopic (exact) mass is 405 g/mol. The summed E-state index contributed by atoms with van der Waals surface area (Å²) < 4.78 is 38.3. The molecule has 0 N–H and O–H groups in total. The van der Waals surface area contributed by atoms with Crippen molar-refractivity contribution in [2.24, 2.45) is 0 Å². The fourth-order valence-electron chi connectivity index (χ4n) is 3.61. The van der Waals surface area contributed by atoms with E-state index in [-0.39, 0.29) is 22.6 Å². The largest absolute Gasteiger partial charge is 0.490 e. The average molecular weight is 405 g/mol. The highest BCUT2D eigenvalue weighted by Crippen LogP contribution is 2.38. The number of thioether (sulfide) groups is 1. The zero-order valence-corrected chi connectivity index (χ0v) is 16.1. The lowest BCUT2D eigenvalue weighted by molar-refractivity contribution is -0.129. The molecule has 0 radical (unpaired) electrons. The third kappa shape index (κ3) is 4.09. The van der Waals surface area contributed by atoms with Crippen molar-refractivity contribution in [2.75, 3.05) is 25.5 Å². The minimum absolute atomic E-state index is 0.0247. The fraction of sp³-hybridized carbons (Fsp3) is 0.381. The van der Waals surface area contributed by atoms with Crippen LogP contribution in [0.3, 0.4) is 0 Å². The molecule has 0 unspecified atom stereocenters. The first kappa shape index (κ1) is 19.1. The SMILES string of the molecule is O=C(CSc1ccc(F)cc1F)N1CCC[C@H]1c1ccc2c(c1)OCCCO2. The van der Waals surface area contributed by atoms with Crippen LogP contribution in [0.15, 0.2) is 41.3 Å². The van der Waals surface area contributed by atoms with Gasteiger partial charge in [0.05, 0.1) is 25.0 Å². The van der Waals surface area contributed by atoms with Gasteiger partial charge in [0, 0.05) is 23.9 Å². The molecule has 2 aliphatic rings. The molecule has 0 aliphatic carbocycles. The molecule has 2 aromatic rings. The van der Waals surface area contributed by atoms with Crippen LogP contribution in [0.4, 0.5) is 8.78 Å². The summed E-state index contributed by atoms with van der Waals surface area (Å²) in [6.07, 6.45) is 2.64. The number of halogens is 2. The Kier molecular flexibility index (Phi) is 5.71. The van der Waals surface area contributed by atoms with Gasteiger partial charge >= 0.3 is 0 Å². The number of carbonyl (C=O) groups is 1. The third-order valence-electron chi connectivity index (χ3n) is 4.97. The molecule has 1 saturated heterocycles. The molecule has 148 valence electrons. The number of benzene rings is 2. The molecule has 2 heterocycles. The summed E-state index contributed by atoms with van der Waals surface area (Å²) in [5.74, 6) is 0.254. The van der Waals surface area contributed by atoms with Gasteiger partial charge in [0.1, 0.15) is 11.6 Å². The van der Waals surface area contributed by atoms with Gasteiger partial charge < -0.3 is 14.4 Å². The van der Waals surface area contributed by atoms with Crippen molar-refractivity contribution < 1.29 is 23.0 Å². The summed E-state index contributed by atoms with van der Waals surface area (Å²) in [5.41, 5.74) is 1.02. The van der Waals surface area contributed by atoms with Crippen molar-refractivity contribution in [3.05, 3.63) is 53.6 Å². The normalized spacial score (nSPS) is 18.8. The molecule has 0 bridgehead atoms. The van der Waals surface area contributed by atoms with Crippen molar-refractivity contribution in [1.82, 2.24) is 4.90 Å². The van der Waals surface area contributed by atoms with Gasteiger partial charge in [0.2, 0.25) is 5.91 Å². The predicted octanol–water partition coefficient (Wildman–Crippen LogP) is 4.58. The number of likely N-dealkylation sites (tertiary alicyclic amines) is 1. The van der Waals surface area contributed by atoms with Gasteiger partial charge in [-0.1, -0.05) is 6.07 Å². The summed E-state index contributed by atoms with van der Waals surface area (Å²) in [6, 6.07) is 9.23. The Morgan fingerprint density at radius 2 is 1.89 bits per heavy atom. The van der Waals surface area contributed by atoms with E-state index in [0.717, 1.165) is 54.2 Å². The molecule has 2 aromatic carbocycles. The van der Waals surface area contributed by atoms with Gasteiger partial charge in [0.25, 0.3) is 0 Å². The Balaban J connectivity index is 1.45. The molecule has 1 fully saturated rings. The third-order valence-corrected chi connectivity index (χ3v) is 6.01. The minimum Gasteiger partial charge on any atom is -0.490 e. The first-order chi connectivity index (χ1) is 13.6. The van der Waals surface area contributed by atoms with Crippen LogP contribution in [0, 0.1) is 11.6 Å². The van der Waals surface area contributed by atoms with Crippen LogP contribution in [-0.4, -0.2) is 36.3 Å². The second-order valence-corrected chi connectivity index (χ2v) is 7.88. The van der Waals surface area contributed by atoms with E-state index in [1.54, 1.807) is 0 Å². The molecule has 1 atom stereocenters. The van der Waals surface area contributed by atoms with E-state index in [2.05, 4.69) is 0 Å². The van der Waals surface area contributed by atoms with Gasteiger partial charge in [-0.3, -0.25) is 4.79 Å². The number of amides is 1. The van der Waals surface area contributed by atoms with Crippen LogP contribution < -0.4 is 9.47 Å². The summed E-state index contributed by atoms with van der Waals surface area (Å²) in [6.45, 7) is 1.92. The van der Waals surface area contributed by atoms with Gasteiger partial charge in [0.15, 0.2) is 11.5 Å². The molecule has 0 spiro atoms. The number of ether oxygens (including phenoxy) is 2. The molecule has 28 heavy (non-hydrogen) atoms. The fourth-order valence-corrected chi connectivity index (χ4v) is 4.42. The van der Waals surface area contributed by atoms with Crippen LogP contribution in [0.1, 0.15) is 30.9 Å². The molecular formula is C21H21F2NO3S. The first-order valence-corrected chi connectivity index (χ1v) is 10.4. The Bertz CT molecular complexity index is 877. The van der Waals surface area contributed by atoms with E-state index < -0.39 is 11.6 Å². The second-order valence-electron chi connectivity index (χ2n) is 6.87. The van der Waals surface area contributed by atoms with Crippen molar-refractivity contribution in [3.8, 4) is 11.5 Å². The Morgan fingerprint density at radius 1 is 1.07 bits per heavy atom. The van der Waals surface area contributed by atoms with E-state index in [9.17, 15) is 13.6 Å². The van der Waals surface area contributed by atoms with Crippen molar-refractivity contribution in [2.45, 2.75) is 30.2 Å². The summed E-state index contributed by atoms with van der Waals surface area (Å²) >= 11 is 1.10. The van der Waals surface area contributed by atoms with Crippen LogP contribution in [0.25, 0.3) is 0 Å². The van der Waals surface area contributed by atoms with Gasteiger partial charge in [-0.15, -0.1) is 11.8 Å². The number of hydrogen-bond acceptors (Lipinski definition) is 4. The quantitative estimate of drug-likeness (QED) is 0.698. The number of hydrogen-bond donors (Lipinski definition) is 0. The van der Waals surface area contributed by atoms with E-state index in [0.29, 0.717) is 19.8 Å². The van der Waals surface area contributed by atoms with Crippen LogP contribution in [-0.2, 0) is 4.79 Å². The van der Waals surface area contributed by atoms with Crippen molar-refractivity contribution in [3.63, 3.8) is 0 Å². The number of nitrogens with zero attached hydrogens (tertiary/aromatic N) is 1. The maximum atomic E-state index is 13.8. The predicted molar refractivity (Wildman–Crippen MR) is 103 cm³/mol. The second kappa shape index (κ2) is 8.39. The van der Waals surface area contributed by atoms with E-state index in [1.165, 1.54) is 12.1 Å². The maximum Gasteiger partial charge on any atom is 0.233 e. The lowest BCUT2D eigenvalue weighted by Crippen LogP contribution is -2.32. The molecule has 7 heteroatoms. The van der Waals surface area contributed by atoms with Crippen molar-refractivity contribution >= 4 is 17.7 Å². The smallest absolute Gasteiger partial charge is 0.233 e. The Labute approximate surface area is 166 Å². The molecule has 4 nitrogen and oxygen atoms in total. The number of rotatable bonds is 4. The zero-order chi connectivity index (χ0) is 19.5. The van der Waals surface area contributed by atoms with Crippen LogP contribution >= 0.6 is 11.8 Å². The van der Waals surface area contributed by atoms with Gasteiger partial charge in [-0.2, -0.15) is 0 Å². The van der Waals surface area contributed by atoms with Gasteiger partial charge in [-0.05, 0) is 42.7 Å². The molecule has 1 amide bonds. The summed E-state index contributed by atoms with van der Waals surface area (Å²) in [5, 5.41) is 0. The highest BCUT2D eigenvalue weighted by molar-refractivity contribution is 8.00. The lowest BCUT2D eigenvalue weighted by atomic mass is 10.0. The summed E-state index contributed by atoms with van der Waals surface area (Å²) in [7, 11) is 0. The number of carbonyl (C=O) groups excluding carboxylic acids is 1. The molecule has 0 aromatic heterocycles. The minimum atomic E-state index is -0.640. The number of fused-ring (bicyclic) bond motifs is 1. The van der Waals surface area contributed by atoms with E-state index in [4.69, 9.17) is 9.47 Å². The highest BCUT2D eigenvalue weighted by Gasteiger charge is 2.30. The highest BCUT2D eigenvalue weighted by atomic mass is 32.2. The molecule has 4 rings (SSSR count). The van der Waals surface area contributed by atoms with Crippen LogP contribution in [0.5, 0.6) is 11.5 Å². The molecular weight excluding hydrogens is 384 g/mol. The molecule has 2 aliphatic heterocycles. The Morgan fingerprint density at radius 3 is 2.71 bits per heavy atom. The van der Waals surface area contributed by atoms with Crippen molar-refractivity contribution in [1.29, 1.82) is 0 Å². The summed E-state index contributed by atoms with van der Waals surface area (Å²) in [4.78, 5) is 14.9. The van der Waals surface area contributed by atoms with E-state index >= 15 is 0 Å². The maximum absolute atomic E-state index is 13.8. The topological polar surface area (TPSA) is 38.8 Å².